The third kappa shape index (κ3) is 3.06. The van der Waals surface area contributed by atoms with Gasteiger partial charge in [-0.2, -0.15) is 0 Å². The predicted molar refractivity (Wildman–Crippen MR) is 81.0 cm³/mol. The summed E-state index contributed by atoms with van der Waals surface area (Å²) in [5, 5.41) is 0. The Bertz CT molecular complexity index is 699. The van der Waals surface area contributed by atoms with Crippen molar-refractivity contribution in [2.24, 2.45) is 0 Å². The second kappa shape index (κ2) is 5.47. The number of hydrogen-bond acceptors (Lipinski definition) is 0. The van der Waals surface area contributed by atoms with Crippen molar-refractivity contribution in [2.75, 3.05) is 0 Å². The van der Waals surface area contributed by atoms with Gasteiger partial charge in [-0.15, -0.1) is 6.42 Å². The highest BCUT2D eigenvalue weighted by atomic mass is 14.0. The highest BCUT2D eigenvalue weighted by Crippen LogP contribution is 2.14. The van der Waals surface area contributed by atoms with Crippen molar-refractivity contribution in [3.8, 4) is 24.2 Å². The first-order valence-electron chi connectivity index (χ1n) is 6.26. The summed E-state index contributed by atoms with van der Waals surface area (Å²) in [5.41, 5.74) is 6.75. The first-order chi connectivity index (χ1) is 9.10. The van der Waals surface area contributed by atoms with Gasteiger partial charge in [0.15, 0.2) is 0 Å². The molecule has 0 aliphatic rings. The molecule has 0 saturated heterocycles. The van der Waals surface area contributed by atoms with Gasteiger partial charge in [-0.1, -0.05) is 23.8 Å². The predicted octanol–water partition coefficient (Wildman–Crippen LogP) is 3.99. The molecule has 0 radical (unpaired) electrons. The van der Waals surface area contributed by atoms with Crippen LogP contribution in [0.25, 0.3) is 0 Å². The van der Waals surface area contributed by atoms with Crippen molar-refractivity contribution in [1.29, 1.82) is 0 Å². The van der Waals surface area contributed by atoms with Crippen LogP contribution in [-0.4, -0.2) is 0 Å². The minimum absolute atomic E-state index is 0.882. The molecule has 19 heavy (non-hydrogen) atoms. The van der Waals surface area contributed by atoms with E-state index in [-0.39, 0.29) is 0 Å². The lowest BCUT2D eigenvalue weighted by Gasteiger charge is -2.04. The lowest BCUT2D eigenvalue weighted by molar-refractivity contribution is 1.28. The zero-order chi connectivity index (χ0) is 13.8. The molecule has 0 N–H and O–H groups in total. The highest BCUT2D eigenvalue weighted by Gasteiger charge is 1.98. The van der Waals surface area contributed by atoms with Gasteiger partial charge in [0, 0.05) is 16.7 Å². The molecule has 0 bridgehead atoms. The Morgan fingerprint density at radius 2 is 1.32 bits per heavy atom. The average molecular weight is 244 g/mol. The van der Waals surface area contributed by atoms with Gasteiger partial charge in [0.2, 0.25) is 0 Å². The number of benzene rings is 2. The number of hydrogen-bond donors (Lipinski definition) is 0. The van der Waals surface area contributed by atoms with Gasteiger partial charge in [0.1, 0.15) is 0 Å². The first kappa shape index (κ1) is 13.0. The summed E-state index contributed by atoms with van der Waals surface area (Å²) in [6, 6.07) is 12.1. The van der Waals surface area contributed by atoms with Gasteiger partial charge in [0.05, 0.1) is 0 Å². The van der Waals surface area contributed by atoms with E-state index in [1.807, 2.05) is 24.3 Å². The Morgan fingerprint density at radius 3 is 1.95 bits per heavy atom. The fraction of sp³-hybridized carbons (Fsp3) is 0.158. The fourth-order valence-corrected chi connectivity index (χ4v) is 1.88. The molecule has 92 valence electrons. The summed E-state index contributed by atoms with van der Waals surface area (Å²) >= 11 is 0. The lowest BCUT2D eigenvalue weighted by atomic mass is 10.0. The molecule has 0 spiro atoms. The molecular formula is C19H16. The summed E-state index contributed by atoms with van der Waals surface area (Å²) in [4.78, 5) is 0. The zero-order valence-corrected chi connectivity index (χ0v) is 11.5. The van der Waals surface area contributed by atoms with E-state index in [1.165, 1.54) is 16.7 Å². The van der Waals surface area contributed by atoms with Gasteiger partial charge < -0.3 is 0 Å². The molecule has 0 nitrogen and oxygen atoms in total. The van der Waals surface area contributed by atoms with Crippen molar-refractivity contribution >= 4 is 0 Å². The van der Waals surface area contributed by atoms with Gasteiger partial charge in [0.25, 0.3) is 0 Å². The van der Waals surface area contributed by atoms with Crippen LogP contribution >= 0.6 is 0 Å². The normalized spacial score (nSPS) is 9.37. The van der Waals surface area contributed by atoms with Crippen LogP contribution < -0.4 is 0 Å². The summed E-state index contributed by atoms with van der Waals surface area (Å²) in [7, 11) is 0. The standard InChI is InChI=1S/C19H16/c1-5-17-6-8-18(9-7-17)10-11-19-13-15(3)14(2)12-16(19)4/h1,6-9,12-13H,2-4H3. The van der Waals surface area contributed by atoms with Crippen LogP contribution in [0.5, 0.6) is 0 Å². The molecule has 2 aromatic rings. The molecule has 0 aliphatic heterocycles. The second-order valence-corrected chi connectivity index (χ2v) is 4.72. The molecule has 0 aromatic heterocycles. The molecule has 0 heterocycles. The minimum Gasteiger partial charge on any atom is -0.115 e. The van der Waals surface area contributed by atoms with Crippen molar-refractivity contribution in [3.05, 3.63) is 69.8 Å². The van der Waals surface area contributed by atoms with E-state index >= 15 is 0 Å². The molecule has 2 rings (SSSR count). The minimum atomic E-state index is 0.882. The molecule has 0 amide bonds. The summed E-state index contributed by atoms with van der Waals surface area (Å²) in [6.45, 7) is 6.33. The average Bonchev–Trinajstić information content (AvgIpc) is 2.42. The van der Waals surface area contributed by atoms with E-state index in [4.69, 9.17) is 6.42 Å². The Balaban J connectivity index is 2.34. The van der Waals surface area contributed by atoms with Gasteiger partial charge in [-0.25, -0.2) is 0 Å². The van der Waals surface area contributed by atoms with Crippen molar-refractivity contribution < 1.29 is 0 Å². The molecule has 2 aromatic carbocycles. The highest BCUT2D eigenvalue weighted by molar-refractivity contribution is 5.50. The van der Waals surface area contributed by atoms with Crippen LogP contribution in [0.2, 0.25) is 0 Å². The van der Waals surface area contributed by atoms with Crippen LogP contribution in [-0.2, 0) is 0 Å². The SMILES string of the molecule is C#Cc1ccc(C#Cc2cc(C)c(C)cc2C)cc1. The maximum Gasteiger partial charge on any atom is 0.0281 e. The van der Waals surface area contributed by atoms with E-state index in [0.717, 1.165) is 16.7 Å². The Morgan fingerprint density at radius 1 is 0.737 bits per heavy atom. The van der Waals surface area contributed by atoms with Gasteiger partial charge >= 0.3 is 0 Å². The third-order valence-corrected chi connectivity index (χ3v) is 3.23. The van der Waals surface area contributed by atoms with E-state index in [1.54, 1.807) is 0 Å². The zero-order valence-electron chi connectivity index (χ0n) is 11.5. The summed E-state index contributed by atoms with van der Waals surface area (Å²) in [6.07, 6.45) is 5.33. The van der Waals surface area contributed by atoms with Crippen LogP contribution in [0.1, 0.15) is 33.4 Å². The molecule has 0 saturated carbocycles. The van der Waals surface area contributed by atoms with Crippen LogP contribution in [0.3, 0.4) is 0 Å². The molecule has 0 heteroatoms. The molecule has 0 unspecified atom stereocenters. The maximum absolute atomic E-state index is 5.33. The maximum atomic E-state index is 5.33. The van der Waals surface area contributed by atoms with Crippen LogP contribution in [0.15, 0.2) is 36.4 Å². The molecular weight excluding hydrogens is 228 g/mol. The Kier molecular flexibility index (Phi) is 3.74. The largest absolute Gasteiger partial charge is 0.115 e. The molecule has 0 aliphatic carbocycles. The lowest BCUT2D eigenvalue weighted by Crippen LogP contribution is -1.88. The van der Waals surface area contributed by atoms with Crippen molar-refractivity contribution in [1.82, 2.24) is 0 Å². The second-order valence-electron chi connectivity index (χ2n) is 4.72. The smallest absolute Gasteiger partial charge is 0.0281 e. The van der Waals surface area contributed by atoms with Crippen LogP contribution in [0, 0.1) is 45.0 Å². The number of aryl methyl sites for hydroxylation is 3. The monoisotopic (exact) mass is 244 g/mol. The van der Waals surface area contributed by atoms with E-state index in [2.05, 4.69) is 50.7 Å². The van der Waals surface area contributed by atoms with E-state index in [9.17, 15) is 0 Å². The Labute approximate surface area is 115 Å². The van der Waals surface area contributed by atoms with Crippen LogP contribution in [0.4, 0.5) is 0 Å². The van der Waals surface area contributed by atoms with Gasteiger partial charge in [-0.3, -0.25) is 0 Å². The molecule has 0 atom stereocenters. The summed E-state index contributed by atoms with van der Waals surface area (Å²) in [5.74, 6) is 9.02. The third-order valence-electron chi connectivity index (χ3n) is 3.23. The first-order valence-corrected chi connectivity index (χ1v) is 6.26. The quantitative estimate of drug-likeness (QED) is 0.615. The number of terminal acetylenes is 1. The van der Waals surface area contributed by atoms with Crippen molar-refractivity contribution in [2.45, 2.75) is 20.8 Å². The van der Waals surface area contributed by atoms with Crippen molar-refractivity contribution in [3.63, 3.8) is 0 Å². The van der Waals surface area contributed by atoms with E-state index in [0.29, 0.717) is 0 Å². The topological polar surface area (TPSA) is 0 Å². The summed E-state index contributed by atoms with van der Waals surface area (Å²) < 4.78 is 0. The van der Waals surface area contributed by atoms with Gasteiger partial charge in [-0.05, 0) is 67.8 Å². The molecule has 0 fully saturated rings. The Hall–Kier alpha value is -2.44. The van der Waals surface area contributed by atoms with E-state index < -0.39 is 0 Å². The number of rotatable bonds is 0. The fourth-order valence-electron chi connectivity index (χ4n) is 1.88.